The van der Waals surface area contributed by atoms with Gasteiger partial charge in [-0.3, -0.25) is 13.9 Å². The van der Waals surface area contributed by atoms with E-state index in [0.29, 0.717) is 17.1 Å². The summed E-state index contributed by atoms with van der Waals surface area (Å²) in [6.45, 7) is 3.28. The predicted octanol–water partition coefficient (Wildman–Crippen LogP) is 4.68. The SMILES string of the molecule is CC(=O)Nc1ccc(NC(=O)c2cccc(S(=O)(=O)N(C)c3ccc(C)cc3)c2)cc1Cl. The van der Waals surface area contributed by atoms with E-state index in [9.17, 15) is 18.0 Å². The molecular formula is C23H22ClN3O4S. The van der Waals surface area contributed by atoms with E-state index in [1.165, 1.54) is 48.6 Å². The van der Waals surface area contributed by atoms with Gasteiger partial charge < -0.3 is 10.6 Å². The molecule has 0 spiro atoms. The van der Waals surface area contributed by atoms with Crippen LogP contribution in [0.2, 0.25) is 5.02 Å². The molecule has 0 unspecified atom stereocenters. The van der Waals surface area contributed by atoms with Gasteiger partial charge in [0.05, 0.1) is 21.3 Å². The van der Waals surface area contributed by atoms with Gasteiger partial charge in [0, 0.05) is 25.2 Å². The van der Waals surface area contributed by atoms with Crippen LogP contribution in [0.4, 0.5) is 17.1 Å². The monoisotopic (exact) mass is 471 g/mol. The van der Waals surface area contributed by atoms with Crippen molar-refractivity contribution >= 4 is 50.5 Å². The van der Waals surface area contributed by atoms with E-state index in [0.717, 1.165) is 5.56 Å². The second-order valence-electron chi connectivity index (χ2n) is 7.17. The minimum atomic E-state index is -3.87. The first-order valence-electron chi connectivity index (χ1n) is 9.62. The summed E-state index contributed by atoms with van der Waals surface area (Å²) in [6.07, 6.45) is 0. The number of carbonyl (C=O) groups excluding carboxylic acids is 2. The van der Waals surface area contributed by atoms with Crippen LogP contribution in [0.25, 0.3) is 0 Å². The lowest BCUT2D eigenvalue weighted by Crippen LogP contribution is -2.26. The molecule has 0 saturated heterocycles. The zero-order valence-electron chi connectivity index (χ0n) is 17.7. The minimum absolute atomic E-state index is 0.00716. The van der Waals surface area contributed by atoms with Crippen molar-refractivity contribution in [2.24, 2.45) is 0 Å². The molecule has 2 amide bonds. The number of carbonyl (C=O) groups is 2. The molecule has 2 N–H and O–H groups in total. The molecular weight excluding hydrogens is 450 g/mol. The van der Waals surface area contributed by atoms with E-state index in [1.807, 2.05) is 19.1 Å². The van der Waals surface area contributed by atoms with Crippen LogP contribution in [0.15, 0.2) is 71.6 Å². The van der Waals surface area contributed by atoms with Gasteiger partial charge in [-0.25, -0.2) is 8.42 Å². The number of anilines is 3. The van der Waals surface area contributed by atoms with Crippen LogP contribution in [-0.4, -0.2) is 27.3 Å². The molecule has 0 heterocycles. The van der Waals surface area contributed by atoms with Crippen LogP contribution in [0.1, 0.15) is 22.8 Å². The molecule has 7 nitrogen and oxygen atoms in total. The average molecular weight is 472 g/mol. The topological polar surface area (TPSA) is 95.6 Å². The number of nitrogens with zero attached hydrogens (tertiary/aromatic N) is 1. The highest BCUT2D eigenvalue weighted by Gasteiger charge is 2.22. The Kier molecular flexibility index (Phi) is 6.86. The summed E-state index contributed by atoms with van der Waals surface area (Å²) in [5.41, 5.74) is 2.52. The Hall–Kier alpha value is -3.36. The fourth-order valence-electron chi connectivity index (χ4n) is 2.94. The Morgan fingerprint density at radius 3 is 2.25 bits per heavy atom. The van der Waals surface area contributed by atoms with Crippen molar-refractivity contribution in [3.8, 4) is 0 Å². The standard InChI is InChI=1S/C23H22ClN3O4S/c1-15-7-10-19(11-8-15)27(3)32(30,31)20-6-4-5-17(13-20)23(29)26-18-9-12-22(21(24)14-18)25-16(2)28/h4-14H,1-3H3,(H,25,28)(H,26,29). The van der Waals surface area contributed by atoms with Crippen molar-refractivity contribution in [1.29, 1.82) is 0 Å². The molecule has 9 heteroatoms. The first kappa shape index (κ1) is 23.3. The van der Waals surface area contributed by atoms with Crippen LogP contribution in [-0.2, 0) is 14.8 Å². The number of sulfonamides is 1. The second-order valence-corrected chi connectivity index (χ2v) is 9.54. The number of hydrogen-bond donors (Lipinski definition) is 2. The predicted molar refractivity (Wildman–Crippen MR) is 127 cm³/mol. The molecule has 32 heavy (non-hydrogen) atoms. The van der Waals surface area contributed by atoms with E-state index in [-0.39, 0.29) is 21.4 Å². The Morgan fingerprint density at radius 2 is 1.62 bits per heavy atom. The van der Waals surface area contributed by atoms with E-state index < -0.39 is 15.9 Å². The average Bonchev–Trinajstić information content (AvgIpc) is 2.75. The van der Waals surface area contributed by atoms with E-state index in [2.05, 4.69) is 10.6 Å². The lowest BCUT2D eigenvalue weighted by molar-refractivity contribution is -0.114. The van der Waals surface area contributed by atoms with Crippen molar-refractivity contribution < 1.29 is 18.0 Å². The molecule has 3 rings (SSSR count). The van der Waals surface area contributed by atoms with Gasteiger partial charge in [-0.1, -0.05) is 35.4 Å². The Labute approximate surface area is 192 Å². The zero-order valence-corrected chi connectivity index (χ0v) is 19.3. The van der Waals surface area contributed by atoms with Crippen LogP contribution < -0.4 is 14.9 Å². The van der Waals surface area contributed by atoms with Gasteiger partial charge in [-0.2, -0.15) is 0 Å². The van der Waals surface area contributed by atoms with Gasteiger partial charge >= 0.3 is 0 Å². The number of halogens is 1. The van der Waals surface area contributed by atoms with Gasteiger partial charge in [-0.15, -0.1) is 0 Å². The van der Waals surface area contributed by atoms with Gasteiger partial charge in [0.15, 0.2) is 0 Å². The molecule has 0 aromatic heterocycles. The molecule has 0 radical (unpaired) electrons. The third kappa shape index (κ3) is 5.27. The molecule has 0 aliphatic carbocycles. The van der Waals surface area contributed by atoms with E-state index in [4.69, 9.17) is 11.6 Å². The molecule has 0 aliphatic heterocycles. The van der Waals surface area contributed by atoms with Gasteiger partial charge in [0.1, 0.15) is 0 Å². The molecule has 0 aliphatic rings. The third-order valence-electron chi connectivity index (χ3n) is 4.69. The van der Waals surface area contributed by atoms with Crippen molar-refractivity contribution in [2.45, 2.75) is 18.7 Å². The molecule has 166 valence electrons. The van der Waals surface area contributed by atoms with Gasteiger partial charge in [-0.05, 0) is 55.5 Å². The van der Waals surface area contributed by atoms with Crippen LogP contribution in [0.3, 0.4) is 0 Å². The highest BCUT2D eigenvalue weighted by Crippen LogP contribution is 2.27. The zero-order chi connectivity index (χ0) is 23.5. The van der Waals surface area contributed by atoms with E-state index >= 15 is 0 Å². The van der Waals surface area contributed by atoms with Crippen molar-refractivity contribution in [3.05, 3.63) is 82.9 Å². The lowest BCUT2D eigenvalue weighted by Gasteiger charge is -2.20. The van der Waals surface area contributed by atoms with Crippen molar-refractivity contribution in [1.82, 2.24) is 0 Å². The summed E-state index contributed by atoms with van der Waals surface area (Å²) in [5.74, 6) is -0.763. The van der Waals surface area contributed by atoms with E-state index in [1.54, 1.807) is 24.3 Å². The molecule has 0 saturated carbocycles. The summed E-state index contributed by atoms with van der Waals surface area (Å²) >= 11 is 6.14. The minimum Gasteiger partial charge on any atom is -0.325 e. The highest BCUT2D eigenvalue weighted by molar-refractivity contribution is 7.92. The molecule has 3 aromatic carbocycles. The molecule has 3 aromatic rings. The molecule has 0 fully saturated rings. The third-order valence-corrected chi connectivity index (χ3v) is 6.78. The molecule has 0 bridgehead atoms. The summed E-state index contributed by atoms with van der Waals surface area (Å²) in [6, 6.07) is 17.5. The fraction of sp³-hybridized carbons (Fsp3) is 0.130. The van der Waals surface area contributed by atoms with Crippen LogP contribution in [0.5, 0.6) is 0 Å². The first-order chi connectivity index (χ1) is 15.1. The summed E-state index contributed by atoms with van der Waals surface area (Å²) in [4.78, 5) is 23.9. The number of aryl methyl sites for hydroxylation is 1. The van der Waals surface area contributed by atoms with Crippen molar-refractivity contribution in [2.75, 3.05) is 22.0 Å². The normalized spacial score (nSPS) is 11.0. The first-order valence-corrected chi connectivity index (χ1v) is 11.4. The van der Waals surface area contributed by atoms with Crippen LogP contribution in [0, 0.1) is 6.92 Å². The Balaban J connectivity index is 1.82. The second kappa shape index (κ2) is 9.42. The maximum Gasteiger partial charge on any atom is 0.264 e. The van der Waals surface area contributed by atoms with Gasteiger partial charge in [0.2, 0.25) is 5.91 Å². The number of amides is 2. The highest BCUT2D eigenvalue weighted by atomic mass is 35.5. The van der Waals surface area contributed by atoms with Crippen molar-refractivity contribution in [3.63, 3.8) is 0 Å². The maximum absolute atomic E-state index is 13.1. The number of hydrogen-bond acceptors (Lipinski definition) is 4. The lowest BCUT2D eigenvalue weighted by atomic mass is 10.2. The Bertz CT molecular complexity index is 1270. The fourth-order valence-corrected chi connectivity index (χ4v) is 4.41. The number of nitrogens with one attached hydrogen (secondary N) is 2. The largest absolute Gasteiger partial charge is 0.325 e. The van der Waals surface area contributed by atoms with Crippen LogP contribution >= 0.6 is 11.6 Å². The number of rotatable bonds is 6. The summed E-state index contributed by atoms with van der Waals surface area (Å²) < 4.78 is 27.3. The summed E-state index contributed by atoms with van der Waals surface area (Å²) in [5, 5.41) is 5.52. The quantitative estimate of drug-likeness (QED) is 0.545. The number of benzene rings is 3. The summed E-state index contributed by atoms with van der Waals surface area (Å²) in [7, 11) is -2.40. The maximum atomic E-state index is 13.1. The van der Waals surface area contributed by atoms with Gasteiger partial charge in [0.25, 0.3) is 15.9 Å². The molecule has 0 atom stereocenters. The Morgan fingerprint density at radius 1 is 0.938 bits per heavy atom. The smallest absolute Gasteiger partial charge is 0.264 e.